The van der Waals surface area contributed by atoms with E-state index in [-0.39, 0.29) is 0 Å². The molecule has 0 aliphatic carbocycles. The molecule has 0 bridgehead atoms. The van der Waals surface area contributed by atoms with Crippen LogP contribution >= 0.6 is 0 Å². The van der Waals surface area contributed by atoms with Gasteiger partial charge in [-0.1, -0.05) is 25.1 Å². The van der Waals surface area contributed by atoms with E-state index < -0.39 is 0 Å². The minimum atomic E-state index is 0.787. The minimum absolute atomic E-state index is 0.787. The number of nitrogens with zero attached hydrogens (tertiary/aromatic N) is 4. The lowest BCUT2D eigenvalue weighted by molar-refractivity contribution is 0.273. The fourth-order valence-corrected chi connectivity index (χ4v) is 3.15. The van der Waals surface area contributed by atoms with Crippen molar-refractivity contribution in [2.24, 2.45) is 10.9 Å². The maximum absolute atomic E-state index is 4.83. The van der Waals surface area contributed by atoms with Crippen LogP contribution in [0.5, 0.6) is 0 Å². The molecule has 1 aromatic heterocycles. The molecule has 1 N–H and O–H groups in total. The third kappa shape index (κ3) is 4.84. The van der Waals surface area contributed by atoms with Gasteiger partial charge in [0.2, 0.25) is 0 Å². The van der Waals surface area contributed by atoms with Crippen LogP contribution in [-0.4, -0.2) is 46.8 Å². The Bertz CT molecular complexity index is 668. The number of rotatable bonds is 5. The number of aromatic nitrogens is 2. The Morgan fingerprint density at radius 3 is 2.72 bits per heavy atom. The second kappa shape index (κ2) is 8.70. The van der Waals surface area contributed by atoms with Crippen LogP contribution in [0.1, 0.15) is 32.3 Å². The summed E-state index contributed by atoms with van der Waals surface area (Å²) in [6.45, 7) is 8.39. The molecule has 0 atom stereocenters. The first-order chi connectivity index (χ1) is 12.3. The van der Waals surface area contributed by atoms with Crippen molar-refractivity contribution in [1.82, 2.24) is 20.0 Å². The van der Waals surface area contributed by atoms with E-state index >= 15 is 0 Å². The van der Waals surface area contributed by atoms with Crippen LogP contribution in [0.15, 0.2) is 47.7 Å². The molecule has 1 saturated heterocycles. The average molecular weight is 339 g/mol. The third-order valence-electron chi connectivity index (χ3n) is 4.74. The number of nitrogens with one attached hydrogen (secondary N) is 1. The number of hydrogen-bond acceptors (Lipinski definition) is 2. The summed E-state index contributed by atoms with van der Waals surface area (Å²) in [6.07, 6.45) is 7.47. The van der Waals surface area contributed by atoms with Crippen LogP contribution in [0.25, 0.3) is 5.69 Å². The van der Waals surface area contributed by atoms with Gasteiger partial charge in [0.05, 0.1) is 11.9 Å². The molecule has 1 aliphatic heterocycles. The SMILES string of the molecule is CCNC(=NCCc1cnn(-c2ccccc2)c1)N1CCC(C)CC1. The molecule has 0 spiro atoms. The zero-order chi connectivity index (χ0) is 17.5. The van der Waals surface area contributed by atoms with Gasteiger partial charge in [-0.05, 0) is 49.8 Å². The standard InChI is InChI=1S/C20H29N5/c1-3-21-20(24-13-10-17(2)11-14-24)22-12-9-18-15-23-25(16-18)19-7-5-4-6-8-19/h4-8,15-17H,3,9-14H2,1-2H3,(H,21,22). The molecule has 2 heterocycles. The Balaban J connectivity index is 1.58. The van der Waals surface area contributed by atoms with E-state index in [1.165, 1.54) is 18.4 Å². The molecule has 134 valence electrons. The molecule has 0 saturated carbocycles. The smallest absolute Gasteiger partial charge is 0.193 e. The quantitative estimate of drug-likeness (QED) is 0.672. The summed E-state index contributed by atoms with van der Waals surface area (Å²) < 4.78 is 1.93. The molecule has 0 unspecified atom stereocenters. The van der Waals surface area contributed by atoms with Crippen molar-refractivity contribution >= 4 is 5.96 Å². The van der Waals surface area contributed by atoms with E-state index in [0.717, 1.165) is 50.2 Å². The second-order valence-electron chi connectivity index (χ2n) is 6.78. The molecular formula is C20H29N5. The lowest BCUT2D eigenvalue weighted by atomic mass is 10.00. The van der Waals surface area contributed by atoms with Gasteiger partial charge in [-0.25, -0.2) is 4.68 Å². The minimum Gasteiger partial charge on any atom is -0.357 e. The summed E-state index contributed by atoms with van der Waals surface area (Å²) in [5.74, 6) is 1.90. The highest BCUT2D eigenvalue weighted by atomic mass is 15.3. The van der Waals surface area contributed by atoms with Gasteiger partial charge in [0.15, 0.2) is 5.96 Å². The highest BCUT2D eigenvalue weighted by Gasteiger charge is 2.18. The number of aliphatic imine (C=N–C) groups is 1. The topological polar surface area (TPSA) is 45.5 Å². The van der Waals surface area contributed by atoms with Gasteiger partial charge < -0.3 is 10.2 Å². The summed E-state index contributed by atoms with van der Waals surface area (Å²) in [6, 6.07) is 10.2. The molecule has 1 fully saturated rings. The maximum atomic E-state index is 4.83. The van der Waals surface area contributed by atoms with Crippen LogP contribution in [0.3, 0.4) is 0 Å². The number of benzene rings is 1. The van der Waals surface area contributed by atoms with Crippen LogP contribution in [-0.2, 0) is 6.42 Å². The molecule has 1 aliphatic rings. The zero-order valence-corrected chi connectivity index (χ0v) is 15.4. The molecule has 0 radical (unpaired) electrons. The van der Waals surface area contributed by atoms with Gasteiger partial charge in [0.25, 0.3) is 0 Å². The maximum Gasteiger partial charge on any atom is 0.193 e. The van der Waals surface area contributed by atoms with E-state index in [1.807, 2.05) is 29.1 Å². The molecule has 3 rings (SSSR count). The largest absolute Gasteiger partial charge is 0.357 e. The first-order valence-corrected chi connectivity index (χ1v) is 9.38. The normalized spacial score (nSPS) is 16.2. The molecule has 2 aromatic rings. The van der Waals surface area contributed by atoms with Crippen molar-refractivity contribution in [2.75, 3.05) is 26.2 Å². The summed E-state index contributed by atoms with van der Waals surface area (Å²) in [4.78, 5) is 7.23. The average Bonchev–Trinajstić information content (AvgIpc) is 3.11. The Morgan fingerprint density at radius 2 is 2.00 bits per heavy atom. The number of likely N-dealkylation sites (tertiary alicyclic amines) is 1. The number of guanidine groups is 1. The highest BCUT2D eigenvalue weighted by Crippen LogP contribution is 2.16. The lowest BCUT2D eigenvalue weighted by Crippen LogP contribution is -2.45. The van der Waals surface area contributed by atoms with Crippen LogP contribution in [0.2, 0.25) is 0 Å². The molecule has 0 amide bonds. The lowest BCUT2D eigenvalue weighted by Gasteiger charge is -2.33. The van der Waals surface area contributed by atoms with Crippen molar-refractivity contribution < 1.29 is 0 Å². The Labute approximate surface area is 150 Å². The number of para-hydroxylation sites is 1. The first-order valence-electron chi connectivity index (χ1n) is 9.38. The fourth-order valence-electron chi connectivity index (χ4n) is 3.15. The molecule has 5 nitrogen and oxygen atoms in total. The van der Waals surface area contributed by atoms with Crippen molar-refractivity contribution in [2.45, 2.75) is 33.1 Å². The molecule has 25 heavy (non-hydrogen) atoms. The molecular weight excluding hydrogens is 310 g/mol. The Kier molecular flexibility index (Phi) is 6.09. The summed E-state index contributed by atoms with van der Waals surface area (Å²) >= 11 is 0. The first kappa shape index (κ1) is 17.5. The fraction of sp³-hybridized carbons (Fsp3) is 0.500. The van der Waals surface area contributed by atoms with E-state index in [2.05, 4.69) is 47.5 Å². The van der Waals surface area contributed by atoms with Gasteiger partial charge in [-0.3, -0.25) is 4.99 Å². The van der Waals surface area contributed by atoms with Gasteiger partial charge in [-0.15, -0.1) is 0 Å². The number of piperidine rings is 1. The van der Waals surface area contributed by atoms with Gasteiger partial charge in [-0.2, -0.15) is 5.10 Å². The van der Waals surface area contributed by atoms with Crippen molar-refractivity contribution in [1.29, 1.82) is 0 Å². The van der Waals surface area contributed by atoms with Gasteiger partial charge in [0, 0.05) is 32.4 Å². The van der Waals surface area contributed by atoms with E-state index in [4.69, 9.17) is 4.99 Å². The van der Waals surface area contributed by atoms with Crippen LogP contribution in [0.4, 0.5) is 0 Å². The second-order valence-corrected chi connectivity index (χ2v) is 6.78. The molecule has 5 heteroatoms. The highest BCUT2D eigenvalue weighted by molar-refractivity contribution is 5.80. The van der Waals surface area contributed by atoms with Crippen molar-refractivity contribution in [3.63, 3.8) is 0 Å². The summed E-state index contributed by atoms with van der Waals surface area (Å²) in [5, 5.41) is 7.90. The molecule has 1 aromatic carbocycles. The summed E-state index contributed by atoms with van der Waals surface area (Å²) in [7, 11) is 0. The predicted octanol–water partition coefficient (Wildman–Crippen LogP) is 3.11. The van der Waals surface area contributed by atoms with Gasteiger partial charge in [0.1, 0.15) is 0 Å². The van der Waals surface area contributed by atoms with Crippen molar-refractivity contribution in [3.05, 3.63) is 48.3 Å². The third-order valence-corrected chi connectivity index (χ3v) is 4.74. The van der Waals surface area contributed by atoms with Crippen LogP contribution < -0.4 is 5.32 Å². The zero-order valence-electron chi connectivity index (χ0n) is 15.4. The van der Waals surface area contributed by atoms with Crippen LogP contribution in [0, 0.1) is 5.92 Å². The Hall–Kier alpha value is -2.30. The van der Waals surface area contributed by atoms with Gasteiger partial charge >= 0.3 is 0 Å². The van der Waals surface area contributed by atoms with Crippen molar-refractivity contribution in [3.8, 4) is 5.69 Å². The Morgan fingerprint density at radius 1 is 1.24 bits per heavy atom. The predicted molar refractivity (Wildman–Crippen MR) is 103 cm³/mol. The monoisotopic (exact) mass is 339 g/mol. The van der Waals surface area contributed by atoms with E-state index in [0.29, 0.717) is 0 Å². The van der Waals surface area contributed by atoms with E-state index in [9.17, 15) is 0 Å². The summed E-state index contributed by atoms with van der Waals surface area (Å²) in [5.41, 5.74) is 2.31. The number of hydrogen-bond donors (Lipinski definition) is 1. The van der Waals surface area contributed by atoms with E-state index in [1.54, 1.807) is 0 Å².